The summed E-state index contributed by atoms with van der Waals surface area (Å²) in [5, 5.41) is 12.0. The lowest BCUT2D eigenvalue weighted by Gasteiger charge is -2.16. The zero-order valence-electron chi connectivity index (χ0n) is 14.1. The Balaban J connectivity index is 2.35. The maximum absolute atomic E-state index is 12.6. The van der Waals surface area contributed by atoms with Crippen LogP contribution in [0.1, 0.15) is 18.5 Å². The fourth-order valence-electron chi connectivity index (χ4n) is 2.23. The number of sulfone groups is 1. The van der Waals surface area contributed by atoms with E-state index in [1.807, 2.05) is 0 Å². The van der Waals surface area contributed by atoms with Gasteiger partial charge in [0, 0.05) is 6.20 Å². The van der Waals surface area contributed by atoms with Crippen molar-refractivity contribution in [2.75, 3.05) is 6.61 Å². The molecule has 0 amide bonds. The monoisotopic (exact) mass is 370 g/mol. The molecule has 2 aromatic carbocycles. The molecule has 6 nitrogen and oxygen atoms in total. The van der Waals surface area contributed by atoms with Crippen LogP contribution in [0.3, 0.4) is 0 Å². The van der Waals surface area contributed by atoms with Gasteiger partial charge in [0.15, 0.2) is 4.91 Å². The molecule has 134 valence electrons. The van der Waals surface area contributed by atoms with Gasteiger partial charge in [0.2, 0.25) is 9.84 Å². The van der Waals surface area contributed by atoms with Crippen LogP contribution in [0.25, 0.3) is 0 Å². The van der Waals surface area contributed by atoms with Crippen LogP contribution in [-0.4, -0.2) is 21.0 Å². The lowest BCUT2D eigenvalue weighted by molar-refractivity contribution is -0.145. The van der Waals surface area contributed by atoms with Crippen molar-refractivity contribution in [3.8, 4) is 6.07 Å². The van der Waals surface area contributed by atoms with Gasteiger partial charge >= 0.3 is 5.97 Å². The second-order valence-corrected chi connectivity index (χ2v) is 7.12. The van der Waals surface area contributed by atoms with Gasteiger partial charge in [0.1, 0.15) is 12.1 Å². The summed E-state index contributed by atoms with van der Waals surface area (Å²) in [6.07, 6.45) is 1.04. The predicted octanol–water partition coefficient (Wildman–Crippen LogP) is 2.72. The molecule has 0 spiro atoms. The second kappa shape index (κ2) is 8.83. The Morgan fingerprint density at radius 2 is 1.73 bits per heavy atom. The Kier molecular flexibility index (Phi) is 6.53. The molecule has 1 atom stereocenters. The molecule has 0 aliphatic rings. The number of carbonyl (C=O) groups excluding carboxylic acids is 1. The quantitative estimate of drug-likeness (QED) is 0.595. The van der Waals surface area contributed by atoms with Crippen molar-refractivity contribution in [1.82, 2.24) is 5.32 Å². The molecule has 0 saturated heterocycles. The first kappa shape index (κ1) is 19.2. The number of nitrogens with one attached hydrogen (secondary N) is 1. The Labute approximate surface area is 152 Å². The Hall–Kier alpha value is -3.11. The number of benzene rings is 2. The minimum Gasteiger partial charge on any atom is -0.464 e. The molecule has 0 fully saturated rings. The topological polar surface area (TPSA) is 96.3 Å². The number of nitrogens with zero attached hydrogens (tertiary/aromatic N) is 1. The zero-order chi connectivity index (χ0) is 19.0. The van der Waals surface area contributed by atoms with Gasteiger partial charge < -0.3 is 10.1 Å². The summed E-state index contributed by atoms with van der Waals surface area (Å²) in [4.78, 5) is 11.7. The summed E-state index contributed by atoms with van der Waals surface area (Å²) in [5.41, 5.74) is 0.594. The van der Waals surface area contributed by atoms with Crippen LogP contribution in [-0.2, 0) is 19.4 Å². The van der Waals surface area contributed by atoms with E-state index in [1.54, 1.807) is 61.5 Å². The van der Waals surface area contributed by atoms with E-state index in [4.69, 9.17) is 4.74 Å². The van der Waals surface area contributed by atoms with Crippen molar-refractivity contribution in [1.29, 1.82) is 5.26 Å². The minimum atomic E-state index is -3.98. The molecule has 1 N–H and O–H groups in total. The van der Waals surface area contributed by atoms with E-state index in [0.29, 0.717) is 5.56 Å². The number of allylic oxidation sites excluding steroid dienone is 1. The van der Waals surface area contributed by atoms with Crippen molar-refractivity contribution >= 4 is 15.8 Å². The van der Waals surface area contributed by atoms with Crippen molar-refractivity contribution < 1.29 is 17.9 Å². The van der Waals surface area contributed by atoms with E-state index in [-0.39, 0.29) is 11.5 Å². The fourth-order valence-corrected chi connectivity index (χ4v) is 3.34. The first-order chi connectivity index (χ1) is 12.5. The summed E-state index contributed by atoms with van der Waals surface area (Å²) in [5.74, 6) is -0.565. The molecule has 2 rings (SSSR count). The third kappa shape index (κ3) is 4.49. The number of ether oxygens (including phenoxy) is 1. The van der Waals surface area contributed by atoms with Crippen LogP contribution in [0.15, 0.2) is 76.7 Å². The lowest BCUT2D eigenvalue weighted by Crippen LogP contribution is -2.27. The average Bonchev–Trinajstić information content (AvgIpc) is 2.66. The first-order valence-electron chi connectivity index (χ1n) is 7.88. The first-order valence-corrected chi connectivity index (χ1v) is 9.37. The molecule has 26 heavy (non-hydrogen) atoms. The van der Waals surface area contributed by atoms with E-state index in [1.165, 1.54) is 12.1 Å². The third-order valence-electron chi connectivity index (χ3n) is 3.49. The van der Waals surface area contributed by atoms with Crippen molar-refractivity contribution in [3.63, 3.8) is 0 Å². The molecule has 7 heteroatoms. The highest BCUT2D eigenvalue weighted by atomic mass is 32.2. The minimum absolute atomic E-state index is 0.00185. The molecule has 0 heterocycles. The van der Waals surface area contributed by atoms with Gasteiger partial charge in [0.25, 0.3) is 0 Å². The summed E-state index contributed by atoms with van der Waals surface area (Å²) in [6, 6.07) is 17.1. The highest BCUT2D eigenvalue weighted by Crippen LogP contribution is 2.20. The predicted molar refractivity (Wildman–Crippen MR) is 96.3 cm³/mol. The number of esters is 1. The number of nitriles is 1. The van der Waals surface area contributed by atoms with Crippen LogP contribution in [0.2, 0.25) is 0 Å². The van der Waals surface area contributed by atoms with Gasteiger partial charge in [-0.05, 0) is 24.6 Å². The highest BCUT2D eigenvalue weighted by Gasteiger charge is 2.24. The molecule has 0 aliphatic carbocycles. The van der Waals surface area contributed by atoms with Gasteiger partial charge in [-0.2, -0.15) is 5.26 Å². The summed E-state index contributed by atoms with van der Waals surface area (Å²) in [6.45, 7) is 1.86. The van der Waals surface area contributed by atoms with Crippen LogP contribution in [0.4, 0.5) is 0 Å². The second-order valence-electron chi connectivity index (χ2n) is 5.20. The van der Waals surface area contributed by atoms with E-state index >= 15 is 0 Å². The largest absolute Gasteiger partial charge is 0.464 e. The Morgan fingerprint density at radius 3 is 2.27 bits per heavy atom. The normalized spacial score (nSPS) is 12.7. The number of hydrogen-bond donors (Lipinski definition) is 1. The van der Waals surface area contributed by atoms with Crippen LogP contribution in [0.5, 0.6) is 0 Å². The third-order valence-corrected chi connectivity index (χ3v) is 5.17. The molecule has 0 radical (unpaired) electrons. The van der Waals surface area contributed by atoms with Gasteiger partial charge in [0.05, 0.1) is 11.5 Å². The fraction of sp³-hybridized carbons (Fsp3) is 0.158. The highest BCUT2D eigenvalue weighted by molar-refractivity contribution is 7.95. The Morgan fingerprint density at radius 1 is 1.15 bits per heavy atom. The Bertz CT molecular complexity index is 917. The number of hydrogen-bond acceptors (Lipinski definition) is 6. The standard InChI is InChI=1S/C19H18N2O4S/c1-2-25-19(22)18(15-9-5-3-6-10-15)21-14-17(13-20)26(23,24)16-11-7-4-8-12-16/h3-12,14,18,21H,2H2,1H3/b17-14-. The number of carbonyl (C=O) groups is 1. The maximum atomic E-state index is 12.6. The summed E-state index contributed by atoms with van der Waals surface area (Å²) < 4.78 is 30.2. The van der Waals surface area contributed by atoms with E-state index in [0.717, 1.165) is 6.20 Å². The molecule has 0 bridgehead atoms. The smallest absolute Gasteiger partial charge is 0.333 e. The number of rotatable bonds is 7. The van der Waals surface area contributed by atoms with Crippen molar-refractivity contribution in [2.45, 2.75) is 17.9 Å². The van der Waals surface area contributed by atoms with E-state index in [9.17, 15) is 18.5 Å². The molecular weight excluding hydrogens is 352 g/mol. The molecule has 0 saturated carbocycles. The van der Waals surface area contributed by atoms with Gasteiger partial charge in [-0.25, -0.2) is 13.2 Å². The molecule has 2 aromatic rings. The van der Waals surface area contributed by atoms with Gasteiger partial charge in [-0.15, -0.1) is 0 Å². The van der Waals surface area contributed by atoms with Crippen molar-refractivity contribution in [2.24, 2.45) is 0 Å². The average molecular weight is 370 g/mol. The van der Waals surface area contributed by atoms with E-state index in [2.05, 4.69) is 5.32 Å². The molecule has 0 aliphatic heterocycles. The molecule has 0 aromatic heterocycles. The van der Waals surface area contributed by atoms with E-state index < -0.39 is 26.8 Å². The van der Waals surface area contributed by atoms with Gasteiger partial charge in [-0.3, -0.25) is 0 Å². The van der Waals surface area contributed by atoms with Crippen LogP contribution in [0, 0.1) is 11.3 Å². The maximum Gasteiger partial charge on any atom is 0.333 e. The van der Waals surface area contributed by atoms with Crippen molar-refractivity contribution in [3.05, 3.63) is 77.3 Å². The zero-order valence-corrected chi connectivity index (χ0v) is 14.9. The van der Waals surface area contributed by atoms with Crippen LogP contribution < -0.4 is 5.32 Å². The molecular formula is C19H18N2O4S. The summed E-state index contributed by atoms with van der Waals surface area (Å²) >= 11 is 0. The van der Waals surface area contributed by atoms with Crippen LogP contribution >= 0.6 is 0 Å². The van der Waals surface area contributed by atoms with Gasteiger partial charge in [-0.1, -0.05) is 48.5 Å². The summed E-state index contributed by atoms with van der Waals surface area (Å²) in [7, 11) is -3.98. The SMILES string of the molecule is CCOC(=O)C(N/C=C(/C#N)S(=O)(=O)c1ccccc1)c1ccccc1. The molecule has 1 unspecified atom stereocenters. The lowest BCUT2D eigenvalue weighted by atomic mass is 10.1.